The van der Waals surface area contributed by atoms with Gasteiger partial charge in [-0.15, -0.1) is 0 Å². The normalized spacial score (nSPS) is 19.5. The maximum atomic E-state index is 7.77. The molecular weight excluding hydrogens is 252 g/mol. The van der Waals surface area contributed by atoms with Crippen molar-refractivity contribution in [2.45, 2.75) is 32.7 Å². The van der Waals surface area contributed by atoms with Crippen LogP contribution in [-0.4, -0.2) is 53.2 Å². The molecule has 0 amide bonds. The van der Waals surface area contributed by atoms with E-state index in [1.807, 2.05) is 18.7 Å². The van der Waals surface area contributed by atoms with E-state index in [1.165, 1.54) is 19.4 Å². The number of aryl methyl sites for hydroxylation is 2. The van der Waals surface area contributed by atoms with Gasteiger partial charge in [0.1, 0.15) is 11.7 Å². The number of aromatic nitrogens is 2. The van der Waals surface area contributed by atoms with Crippen LogP contribution in [0.1, 0.15) is 31.0 Å². The van der Waals surface area contributed by atoms with E-state index < -0.39 is 0 Å². The van der Waals surface area contributed by atoms with Crippen LogP contribution < -0.4 is 10.6 Å². The van der Waals surface area contributed by atoms with E-state index >= 15 is 0 Å². The van der Waals surface area contributed by atoms with E-state index in [9.17, 15) is 0 Å². The quantitative estimate of drug-likeness (QED) is 0.621. The van der Waals surface area contributed by atoms with Gasteiger partial charge in [-0.25, -0.2) is 0 Å². The molecule has 0 saturated carbocycles. The monoisotopic (exact) mass is 278 g/mol. The fourth-order valence-electron chi connectivity index (χ4n) is 3.32. The number of amidine groups is 1. The van der Waals surface area contributed by atoms with E-state index in [1.54, 1.807) is 0 Å². The van der Waals surface area contributed by atoms with Gasteiger partial charge in [-0.3, -0.25) is 15.0 Å². The molecule has 1 fully saturated rings. The molecular formula is C14H26N6. The number of hydrogen-bond acceptors (Lipinski definition) is 4. The molecule has 0 bridgehead atoms. The van der Waals surface area contributed by atoms with Crippen LogP contribution in [0.2, 0.25) is 0 Å². The zero-order valence-corrected chi connectivity index (χ0v) is 13.0. The van der Waals surface area contributed by atoms with Gasteiger partial charge >= 0.3 is 0 Å². The first-order chi connectivity index (χ1) is 9.45. The van der Waals surface area contributed by atoms with E-state index in [4.69, 9.17) is 11.1 Å². The summed E-state index contributed by atoms with van der Waals surface area (Å²) in [5.74, 6) is 1.04. The molecule has 3 N–H and O–H groups in total. The lowest BCUT2D eigenvalue weighted by Gasteiger charge is -2.29. The van der Waals surface area contributed by atoms with Crippen LogP contribution in [0.25, 0.3) is 0 Å². The van der Waals surface area contributed by atoms with Crippen molar-refractivity contribution in [3.8, 4) is 0 Å². The molecule has 0 spiro atoms. The number of nitrogen functional groups attached to an aromatic ring is 1. The highest BCUT2D eigenvalue weighted by molar-refractivity contribution is 6.00. The summed E-state index contributed by atoms with van der Waals surface area (Å²) >= 11 is 0. The van der Waals surface area contributed by atoms with Crippen molar-refractivity contribution in [1.29, 1.82) is 5.41 Å². The molecule has 0 radical (unpaired) electrons. The van der Waals surface area contributed by atoms with Gasteiger partial charge in [0.15, 0.2) is 0 Å². The summed E-state index contributed by atoms with van der Waals surface area (Å²) in [6.07, 6.45) is 2.51. The van der Waals surface area contributed by atoms with Crippen LogP contribution in [0.15, 0.2) is 0 Å². The highest BCUT2D eigenvalue weighted by Gasteiger charge is 2.27. The number of nitrogens with one attached hydrogen (secondary N) is 1. The van der Waals surface area contributed by atoms with E-state index in [-0.39, 0.29) is 5.84 Å². The number of likely N-dealkylation sites (tertiary alicyclic amines) is 1. The molecule has 112 valence electrons. The minimum absolute atomic E-state index is 0.0937. The second-order valence-corrected chi connectivity index (χ2v) is 5.63. The fraction of sp³-hybridized carbons (Fsp3) is 0.714. The molecule has 6 heteroatoms. The van der Waals surface area contributed by atoms with Crippen molar-refractivity contribution in [2.24, 2.45) is 12.8 Å². The first kappa shape index (κ1) is 14.8. The maximum Gasteiger partial charge on any atom is 0.137 e. The number of anilines is 1. The van der Waals surface area contributed by atoms with Gasteiger partial charge in [0, 0.05) is 26.7 Å². The Morgan fingerprint density at radius 1 is 1.55 bits per heavy atom. The predicted octanol–water partition coefficient (Wildman–Crippen LogP) is 0.933. The molecule has 0 aliphatic carbocycles. The molecule has 1 saturated heterocycles. The Kier molecular flexibility index (Phi) is 4.32. The van der Waals surface area contributed by atoms with E-state index in [0.29, 0.717) is 6.04 Å². The van der Waals surface area contributed by atoms with Crippen molar-refractivity contribution in [3.05, 3.63) is 11.3 Å². The maximum absolute atomic E-state index is 7.77. The lowest BCUT2D eigenvalue weighted by atomic mass is 10.1. The number of likely N-dealkylation sites (N-methyl/N-ethyl adjacent to an activating group) is 2. The Morgan fingerprint density at radius 3 is 2.85 bits per heavy atom. The van der Waals surface area contributed by atoms with E-state index in [2.05, 4.69) is 28.9 Å². The molecule has 1 aromatic heterocycles. The molecule has 1 atom stereocenters. The molecule has 0 aromatic carbocycles. The van der Waals surface area contributed by atoms with Crippen molar-refractivity contribution >= 4 is 11.7 Å². The van der Waals surface area contributed by atoms with Gasteiger partial charge in [-0.1, -0.05) is 6.92 Å². The largest absolute Gasteiger partial charge is 0.384 e. The number of rotatable bonds is 5. The third-order valence-corrected chi connectivity index (χ3v) is 4.21. The second kappa shape index (κ2) is 5.83. The van der Waals surface area contributed by atoms with Gasteiger partial charge in [0.25, 0.3) is 0 Å². The Labute approximate surface area is 121 Å². The van der Waals surface area contributed by atoms with Crippen LogP contribution in [0.5, 0.6) is 0 Å². The minimum Gasteiger partial charge on any atom is -0.384 e. The van der Waals surface area contributed by atoms with Crippen LogP contribution in [-0.2, 0) is 7.05 Å². The van der Waals surface area contributed by atoms with Gasteiger partial charge in [-0.2, -0.15) is 5.10 Å². The molecule has 1 unspecified atom stereocenters. The molecule has 20 heavy (non-hydrogen) atoms. The highest BCUT2D eigenvalue weighted by atomic mass is 15.4. The number of nitrogens with two attached hydrogens (primary N) is 1. The van der Waals surface area contributed by atoms with Gasteiger partial charge in [0.05, 0.1) is 11.3 Å². The second-order valence-electron chi connectivity index (χ2n) is 5.63. The Hall–Kier alpha value is -1.56. The standard InChI is InChI=1S/C14H26N6/c1-5-20-8-6-7-11(20)9-18(3)14-12(13(15)16)10(2)17-19(14)4/h11H,5-9H2,1-4H3,(H3,15,16). The molecule has 1 aliphatic heterocycles. The van der Waals surface area contributed by atoms with Crippen LogP contribution in [0.4, 0.5) is 5.82 Å². The third-order valence-electron chi connectivity index (χ3n) is 4.21. The SMILES string of the molecule is CCN1CCCC1CN(C)c1c(C(=N)N)c(C)nn1C. The first-order valence-electron chi connectivity index (χ1n) is 7.28. The average Bonchev–Trinajstić information content (AvgIpc) is 2.92. The smallest absolute Gasteiger partial charge is 0.137 e. The van der Waals surface area contributed by atoms with Crippen molar-refractivity contribution in [2.75, 3.05) is 31.6 Å². The summed E-state index contributed by atoms with van der Waals surface area (Å²) in [6.45, 7) is 7.37. The van der Waals surface area contributed by atoms with Gasteiger partial charge in [0.2, 0.25) is 0 Å². The van der Waals surface area contributed by atoms with Gasteiger partial charge < -0.3 is 10.6 Å². The minimum atomic E-state index is 0.0937. The third kappa shape index (κ3) is 2.65. The summed E-state index contributed by atoms with van der Waals surface area (Å²) in [5, 5.41) is 12.2. The zero-order chi connectivity index (χ0) is 14.9. The van der Waals surface area contributed by atoms with E-state index in [0.717, 1.165) is 30.2 Å². The highest BCUT2D eigenvalue weighted by Crippen LogP contribution is 2.24. The summed E-state index contributed by atoms with van der Waals surface area (Å²) in [7, 11) is 3.98. The van der Waals surface area contributed by atoms with Crippen molar-refractivity contribution < 1.29 is 0 Å². The number of nitrogens with zero attached hydrogens (tertiary/aromatic N) is 4. The molecule has 2 heterocycles. The molecule has 6 nitrogen and oxygen atoms in total. The lowest BCUT2D eigenvalue weighted by Crippen LogP contribution is -2.39. The summed E-state index contributed by atoms with van der Waals surface area (Å²) in [5.41, 5.74) is 7.30. The zero-order valence-electron chi connectivity index (χ0n) is 13.0. The average molecular weight is 278 g/mol. The van der Waals surface area contributed by atoms with Crippen LogP contribution in [0.3, 0.4) is 0 Å². The number of hydrogen-bond donors (Lipinski definition) is 2. The van der Waals surface area contributed by atoms with Gasteiger partial charge in [-0.05, 0) is 32.9 Å². The Morgan fingerprint density at radius 2 is 2.25 bits per heavy atom. The van der Waals surface area contributed by atoms with Crippen molar-refractivity contribution in [1.82, 2.24) is 14.7 Å². The predicted molar refractivity (Wildman–Crippen MR) is 82.5 cm³/mol. The first-order valence-corrected chi connectivity index (χ1v) is 7.28. The summed E-state index contributed by atoms with van der Waals surface area (Å²) < 4.78 is 1.83. The summed E-state index contributed by atoms with van der Waals surface area (Å²) in [6, 6.07) is 0.583. The Balaban J connectivity index is 2.21. The van der Waals surface area contributed by atoms with Crippen LogP contribution >= 0.6 is 0 Å². The lowest BCUT2D eigenvalue weighted by molar-refractivity contribution is 0.270. The summed E-state index contributed by atoms with van der Waals surface area (Å²) in [4.78, 5) is 4.71. The molecule has 1 aromatic rings. The fourth-order valence-corrected chi connectivity index (χ4v) is 3.32. The van der Waals surface area contributed by atoms with Crippen molar-refractivity contribution in [3.63, 3.8) is 0 Å². The Bertz CT molecular complexity index is 492. The topological polar surface area (TPSA) is 74.2 Å². The van der Waals surface area contributed by atoms with Crippen LogP contribution in [0, 0.1) is 12.3 Å². The molecule has 2 rings (SSSR count). The molecule has 1 aliphatic rings.